The lowest BCUT2D eigenvalue weighted by atomic mass is 10.1. The van der Waals surface area contributed by atoms with Gasteiger partial charge in [-0.2, -0.15) is 8.42 Å². The summed E-state index contributed by atoms with van der Waals surface area (Å²) in [6, 6.07) is 6.13. The van der Waals surface area contributed by atoms with Crippen LogP contribution in [0.5, 0.6) is 0 Å². The number of hydrogen-bond acceptors (Lipinski definition) is 3. The summed E-state index contributed by atoms with van der Waals surface area (Å²) in [7, 11) is -4.09. The van der Waals surface area contributed by atoms with Crippen LogP contribution in [-0.4, -0.2) is 19.6 Å². The van der Waals surface area contributed by atoms with Crippen LogP contribution in [-0.2, 0) is 21.3 Å². The van der Waals surface area contributed by atoms with Crippen molar-refractivity contribution in [2.75, 3.05) is 6.61 Å². The minimum atomic E-state index is -4.09. The Morgan fingerprint density at radius 3 is 2.44 bits per heavy atom. The van der Waals surface area contributed by atoms with Crippen molar-refractivity contribution >= 4 is 10.1 Å². The van der Waals surface area contributed by atoms with Crippen molar-refractivity contribution in [2.24, 2.45) is 0 Å². The first kappa shape index (κ1) is 12.7. The van der Waals surface area contributed by atoms with Gasteiger partial charge in [0.05, 0.1) is 17.8 Å². The third-order valence-corrected chi connectivity index (χ3v) is 2.93. The highest BCUT2D eigenvalue weighted by Crippen LogP contribution is 2.11. The molecule has 0 atom stereocenters. The molecule has 0 aliphatic carbocycles. The van der Waals surface area contributed by atoms with Crippen LogP contribution < -0.4 is 0 Å². The van der Waals surface area contributed by atoms with Crippen molar-refractivity contribution in [3.63, 3.8) is 0 Å². The Hall–Kier alpha value is -1.33. The zero-order valence-electron chi connectivity index (χ0n) is 8.80. The average molecular weight is 242 g/mol. The molecule has 0 aromatic heterocycles. The topological polar surface area (TPSA) is 63.6 Å². The zero-order chi connectivity index (χ0) is 12.0. The minimum absolute atomic E-state index is 0.0846. The van der Waals surface area contributed by atoms with Gasteiger partial charge in [-0.15, -0.1) is 0 Å². The second-order valence-corrected chi connectivity index (χ2v) is 4.68. The smallest absolute Gasteiger partial charge is 0.294 e. The molecule has 4 nitrogen and oxygen atoms in total. The van der Waals surface area contributed by atoms with Crippen LogP contribution >= 0.6 is 0 Å². The van der Waals surface area contributed by atoms with Crippen molar-refractivity contribution in [1.82, 2.24) is 0 Å². The highest BCUT2D eigenvalue weighted by atomic mass is 32.2. The van der Waals surface area contributed by atoms with Crippen molar-refractivity contribution in [3.8, 4) is 0 Å². The predicted molar refractivity (Wildman–Crippen MR) is 60.7 cm³/mol. The maximum Gasteiger partial charge on any atom is 0.294 e. The van der Waals surface area contributed by atoms with E-state index in [0.29, 0.717) is 6.61 Å². The number of benzene rings is 1. The Bertz CT molecular complexity index is 434. The van der Waals surface area contributed by atoms with Gasteiger partial charge in [0.1, 0.15) is 0 Å². The standard InChI is InChI=1S/C11H14O4S/c1-2-15-9-3-4-10-5-7-11(8-6-10)16(12,13)14/h2,5-8H,1,3-4,9H2,(H,12,13,14). The summed E-state index contributed by atoms with van der Waals surface area (Å²) >= 11 is 0. The summed E-state index contributed by atoms with van der Waals surface area (Å²) < 4.78 is 35.3. The average Bonchev–Trinajstić information content (AvgIpc) is 2.24. The van der Waals surface area contributed by atoms with Gasteiger partial charge >= 0.3 is 0 Å². The molecular weight excluding hydrogens is 228 g/mol. The van der Waals surface area contributed by atoms with E-state index in [-0.39, 0.29) is 4.90 Å². The van der Waals surface area contributed by atoms with E-state index in [1.165, 1.54) is 18.4 Å². The van der Waals surface area contributed by atoms with Crippen LogP contribution in [0.15, 0.2) is 42.0 Å². The molecule has 0 saturated carbocycles. The largest absolute Gasteiger partial charge is 0.502 e. The third-order valence-electron chi connectivity index (χ3n) is 2.07. The number of rotatable bonds is 6. The van der Waals surface area contributed by atoms with Gasteiger partial charge in [-0.25, -0.2) is 0 Å². The molecule has 0 aliphatic rings. The Kier molecular flexibility index (Phi) is 4.52. The van der Waals surface area contributed by atoms with Crippen LogP contribution in [0.1, 0.15) is 12.0 Å². The van der Waals surface area contributed by atoms with Crippen molar-refractivity contribution < 1.29 is 17.7 Å². The lowest BCUT2D eigenvalue weighted by Gasteiger charge is -2.02. The quantitative estimate of drug-likeness (QED) is 0.471. The molecule has 0 unspecified atom stereocenters. The fourth-order valence-electron chi connectivity index (χ4n) is 1.27. The monoisotopic (exact) mass is 242 g/mol. The maximum atomic E-state index is 10.8. The van der Waals surface area contributed by atoms with E-state index in [4.69, 9.17) is 9.29 Å². The Morgan fingerprint density at radius 2 is 1.94 bits per heavy atom. The maximum absolute atomic E-state index is 10.8. The molecule has 0 spiro atoms. The first-order valence-electron chi connectivity index (χ1n) is 4.83. The van der Waals surface area contributed by atoms with E-state index in [0.717, 1.165) is 18.4 Å². The molecule has 1 aromatic carbocycles. The third kappa shape index (κ3) is 4.04. The predicted octanol–water partition coefficient (Wildman–Crippen LogP) is 2.03. The molecule has 1 aromatic rings. The van der Waals surface area contributed by atoms with Crippen molar-refractivity contribution in [3.05, 3.63) is 42.7 Å². The van der Waals surface area contributed by atoms with E-state index in [1.54, 1.807) is 12.1 Å². The Balaban J connectivity index is 2.55. The van der Waals surface area contributed by atoms with Crippen LogP contribution in [0.3, 0.4) is 0 Å². The van der Waals surface area contributed by atoms with Gasteiger partial charge in [-0.05, 0) is 30.5 Å². The molecule has 0 fully saturated rings. The first-order valence-corrected chi connectivity index (χ1v) is 6.27. The van der Waals surface area contributed by atoms with Crippen LogP contribution in [0, 0.1) is 0 Å². The zero-order valence-corrected chi connectivity index (χ0v) is 9.61. The van der Waals surface area contributed by atoms with Crippen molar-refractivity contribution in [2.45, 2.75) is 17.7 Å². The Labute approximate surface area is 95.3 Å². The number of ether oxygens (including phenoxy) is 1. The second-order valence-electron chi connectivity index (χ2n) is 3.26. The summed E-state index contributed by atoms with van der Waals surface area (Å²) in [5.41, 5.74) is 1.00. The van der Waals surface area contributed by atoms with E-state index < -0.39 is 10.1 Å². The van der Waals surface area contributed by atoms with E-state index >= 15 is 0 Å². The van der Waals surface area contributed by atoms with Crippen LogP contribution in [0.25, 0.3) is 0 Å². The number of aryl methyl sites for hydroxylation is 1. The van der Waals surface area contributed by atoms with Crippen LogP contribution in [0.2, 0.25) is 0 Å². The van der Waals surface area contributed by atoms with E-state index in [1.807, 2.05) is 0 Å². The van der Waals surface area contributed by atoms with E-state index in [2.05, 4.69) is 6.58 Å². The molecule has 0 heterocycles. The molecule has 0 bridgehead atoms. The van der Waals surface area contributed by atoms with Gasteiger partial charge in [0, 0.05) is 0 Å². The molecule has 5 heteroatoms. The highest BCUT2D eigenvalue weighted by Gasteiger charge is 2.07. The molecule has 1 N–H and O–H groups in total. The van der Waals surface area contributed by atoms with Gasteiger partial charge in [-0.3, -0.25) is 4.55 Å². The highest BCUT2D eigenvalue weighted by molar-refractivity contribution is 7.85. The lowest BCUT2D eigenvalue weighted by molar-refractivity contribution is 0.246. The summed E-state index contributed by atoms with van der Waals surface area (Å²) in [6.45, 7) is 4.01. The molecule has 0 amide bonds. The summed E-state index contributed by atoms with van der Waals surface area (Å²) in [5.74, 6) is 0. The number of hydrogen-bond donors (Lipinski definition) is 1. The molecular formula is C11H14O4S. The molecule has 0 aliphatic heterocycles. The summed E-state index contributed by atoms with van der Waals surface area (Å²) in [4.78, 5) is -0.0846. The van der Waals surface area contributed by atoms with Gasteiger partial charge in [0.2, 0.25) is 0 Å². The fourth-order valence-corrected chi connectivity index (χ4v) is 1.75. The molecule has 16 heavy (non-hydrogen) atoms. The van der Waals surface area contributed by atoms with Gasteiger partial charge in [0.15, 0.2) is 0 Å². The molecule has 0 saturated heterocycles. The fraction of sp³-hybridized carbons (Fsp3) is 0.273. The van der Waals surface area contributed by atoms with Gasteiger partial charge < -0.3 is 4.74 Å². The van der Waals surface area contributed by atoms with Gasteiger partial charge in [0.25, 0.3) is 10.1 Å². The van der Waals surface area contributed by atoms with Crippen LogP contribution in [0.4, 0.5) is 0 Å². The molecule has 0 radical (unpaired) electrons. The van der Waals surface area contributed by atoms with E-state index in [9.17, 15) is 8.42 Å². The summed E-state index contributed by atoms with van der Waals surface area (Å²) in [6.07, 6.45) is 3.01. The molecule has 88 valence electrons. The first-order chi connectivity index (χ1) is 7.54. The SMILES string of the molecule is C=COCCCc1ccc(S(=O)(=O)O)cc1. The lowest BCUT2D eigenvalue weighted by Crippen LogP contribution is -1.98. The minimum Gasteiger partial charge on any atom is -0.502 e. The normalized spacial score (nSPS) is 11.1. The summed E-state index contributed by atoms with van der Waals surface area (Å²) in [5, 5.41) is 0. The molecule has 1 rings (SSSR count). The second kappa shape index (κ2) is 5.67. The van der Waals surface area contributed by atoms with Crippen molar-refractivity contribution in [1.29, 1.82) is 0 Å². The Morgan fingerprint density at radius 1 is 1.31 bits per heavy atom. The van der Waals surface area contributed by atoms with Gasteiger partial charge in [-0.1, -0.05) is 18.7 Å².